The number of nitrogens with zero attached hydrogens (tertiary/aromatic N) is 4. The highest BCUT2D eigenvalue weighted by Crippen LogP contribution is 2.46. The number of non-ortho nitro benzene ring substituents is 2. The first kappa shape index (κ1) is 19.1. The van der Waals surface area contributed by atoms with E-state index in [-0.39, 0.29) is 9.79 Å². The second kappa shape index (κ2) is 7.75. The van der Waals surface area contributed by atoms with Crippen LogP contribution in [0.4, 0.5) is 22.7 Å². The molecule has 2 rings (SSSR count). The van der Waals surface area contributed by atoms with Crippen molar-refractivity contribution >= 4 is 44.3 Å². The maximum absolute atomic E-state index is 11.1. The van der Waals surface area contributed by atoms with Gasteiger partial charge < -0.3 is 0 Å². The van der Waals surface area contributed by atoms with E-state index in [9.17, 15) is 40.5 Å². The van der Waals surface area contributed by atoms with Crippen molar-refractivity contribution in [1.82, 2.24) is 0 Å². The van der Waals surface area contributed by atoms with Crippen LogP contribution in [0.2, 0.25) is 0 Å². The highest BCUT2D eigenvalue weighted by Gasteiger charge is 2.23. The molecule has 0 aromatic heterocycles. The molecule has 0 amide bonds. The van der Waals surface area contributed by atoms with E-state index < -0.39 is 42.4 Å². The largest absolute Gasteiger partial charge is 0.290 e. The van der Waals surface area contributed by atoms with Crippen molar-refractivity contribution in [3.8, 4) is 0 Å². The number of hydrogen-bond donors (Lipinski definition) is 0. The molecular formula is C12H6N4O8S2. The lowest BCUT2D eigenvalue weighted by Gasteiger charge is -2.04. The van der Waals surface area contributed by atoms with Crippen LogP contribution in [-0.2, 0) is 0 Å². The summed E-state index contributed by atoms with van der Waals surface area (Å²) in [6, 6.07) is 6.02. The number of benzene rings is 2. The van der Waals surface area contributed by atoms with Crippen molar-refractivity contribution in [1.29, 1.82) is 0 Å². The molecule has 134 valence electrons. The molecule has 0 saturated carbocycles. The number of nitro benzene ring substituents is 4. The summed E-state index contributed by atoms with van der Waals surface area (Å²) < 4.78 is 0. The summed E-state index contributed by atoms with van der Waals surface area (Å²) in [5.41, 5.74) is -1.98. The van der Waals surface area contributed by atoms with Crippen LogP contribution in [0, 0.1) is 40.5 Å². The summed E-state index contributed by atoms with van der Waals surface area (Å²) in [7, 11) is 1.55. The second-order valence-corrected chi connectivity index (χ2v) is 6.71. The summed E-state index contributed by atoms with van der Waals surface area (Å²) in [6.45, 7) is 0. The van der Waals surface area contributed by atoms with E-state index >= 15 is 0 Å². The van der Waals surface area contributed by atoms with Gasteiger partial charge in [-0.25, -0.2) is 0 Å². The average molecular weight is 398 g/mol. The van der Waals surface area contributed by atoms with Gasteiger partial charge in [0, 0.05) is 12.1 Å². The SMILES string of the molecule is O=[N+]([O-])c1ccc(SSc2ccc([N+](=O)[O-])cc2[N+](=O)[O-])c([N+](=O)[O-])c1. The van der Waals surface area contributed by atoms with Crippen LogP contribution in [-0.4, -0.2) is 19.7 Å². The van der Waals surface area contributed by atoms with Gasteiger partial charge in [-0.3, -0.25) is 40.5 Å². The number of nitro groups is 4. The minimum atomic E-state index is -0.805. The summed E-state index contributed by atoms with van der Waals surface area (Å²) in [4.78, 5) is 40.5. The Labute approximate surface area is 151 Å². The van der Waals surface area contributed by atoms with Crippen LogP contribution in [0.5, 0.6) is 0 Å². The van der Waals surface area contributed by atoms with E-state index in [0.29, 0.717) is 0 Å². The third kappa shape index (κ3) is 4.22. The van der Waals surface area contributed by atoms with Crippen molar-refractivity contribution in [3.63, 3.8) is 0 Å². The van der Waals surface area contributed by atoms with Gasteiger partial charge in [-0.15, -0.1) is 0 Å². The smallest absolute Gasteiger partial charge is 0.258 e. The Morgan fingerprint density at radius 2 is 0.923 bits per heavy atom. The first-order valence-electron chi connectivity index (χ1n) is 6.41. The van der Waals surface area contributed by atoms with E-state index in [1.807, 2.05) is 0 Å². The molecule has 0 radical (unpaired) electrons. The molecule has 14 heteroatoms. The van der Waals surface area contributed by atoms with Gasteiger partial charge in [0.25, 0.3) is 22.7 Å². The Morgan fingerprint density at radius 3 is 1.19 bits per heavy atom. The van der Waals surface area contributed by atoms with Crippen LogP contribution < -0.4 is 0 Å². The topological polar surface area (TPSA) is 173 Å². The molecule has 0 aliphatic rings. The zero-order valence-electron chi connectivity index (χ0n) is 12.3. The van der Waals surface area contributed by atoms with Crippen molar-refractivity contribution in [2.24, 2.45) is 0 Å². The number of rotatable bonds is 7. The van der Waals surface area contributed by atoms with Crippen LogP contribution in [0.1, 0.15) is 0 Å². The van der Waals surface area contributed by atoms with E-state index in [0.717, 1.165) is 58.0 Å². The molecule has 0 aliphatic carbocycles. The highest BCUT2D eigenvalue weighted by molar-refractivity contribution is 8.76. The molecule has 0 spiro atoms. The van der Waals surface area contributed by atoms with Gasteiger partial charge in [0.05, 0.1) is 41.6 Å². The van der Waals surface area contributed by atoms with E-state index in [4.69, 9.17) is 0 Å². The van der Waals surface area contributed by atoms with Gasteiger partial charge >= 0.3 is 0 Å². The quantitative estimate of drug-likeness (QED) is 0.375. The average Bonchev–Trinajstić information content (AvgIpc) is 2.59. The van der Waals surface area contributed by atoms with Crippen LogP contribution in [0.15, 0.2) is 46.2 Å². The Morgan fingerprint density at radius 1 is 0.577 bits per heavy atom. The first-order chi connectivity index (χ1) is 12.2. The fourth-order valence-electron chi connectivity index (χ4n) is 1.75. The van der Waals surface area contributed by atoms with Gasteiger partial charge in [0.2, 0.25) is 0 Å². The first-order valence-corrected chi connectivity index (χ1v) is 8.56. The standard InChI is InChI=1S/C12H6N4O8S2/c17-13(18)7-1-3-11(9(5-7)15(21)22)25-26-12-4-2-8(14(19)20)6-10(12)16(23)24/h1-6H. The molecular weight excluding hydrogens is 392 g/mol. The summed E-state index contributed by atoms with van der Waals surface area (Å²) in [5.74, 6) is 0. The van der Waals surface area contributed by atoms with Gasteiger partial charge in [-0.2, -0.15) is 0 Å². The number of hydrogen-bond acceptors (Lipinski definition) is 10. The van der Waals surface area contributed by atoms with Gasteiger partial charge in [-0.1, -0.05) is 0 Å². The van der Waals surface area contributed by atoms with Gasteiger partial charge in [0.15, 0.2) is 0 Å². The predicted molar refractivity (Wildman–Crippen MR) is 91.2 cm³/mol. The fourth-order valence-corrected chi connectivity index (χ4v) is 4.00. The minimum absolute atomic E-state index is 0.0400. The molecule has 2 aromatic carbocycles. The van der Waals surface area contributed by atoms with Crippen molar-refractivity contribution in [2.75, 3.05) is 0 Å². The van der Waals surface area contributed by atoms with Crippen molar-refractivity contribution in [2.45, 2.75) is 9.79 Å². The van der Waals surface area contributed by atoms with Crippen LogP contribution in [0.25, 0.3) is 0 Å². The predicted octanol–water partition coefficient (Wildman–Crippen LogP) is 4.12. The Kier molecular flexibility index (Phi) is 5.68. The lowest BCUT2D eigenvalue weighted by atomic mass is 10.3. The lowest BCUT2D eigenvalue weighted by Crippen LogP contribution is -1.95. The maximum atomic E-state index is 11.1. The van der Waals surface area contributed by atoms with Crippen molar-refractivity contribution < 1.29 is 19.7 Å². The Bertz CT molecular complexity index is 860. The molecule has 26 heavy (non-hydrogen) atoms. The summed E-state index contributed by atoms with van der Waals surface area (Å²) >= 11 is 0. The monoisotopic (exact) mass is 398 g/mol. The zero-order chi connectivity index (χ0) is 19.4. The van der Waals surface area contributed by atoms with Gasteiger partial charge in [0.1, 0.15) is 0 Å². The molecule has 0 bridgehead atoms. The van der Waals surface area contributed by atoms with Crippen LogP contribution >= 0.6 is 21.6 Å². The van der Waals surface area contributed by atoms with Gasteiger partial charge in [-0.05, 0) is 33.7 Å². The molecule has 2 aromatic rings. The van der Waals surface area contributed by atoms with E-state index in [1.165, 1.54) is 0 Å². The maximum Gasteiger partial charge on any atom is 0.290 e. The Balaban J connectivity index is 2.34. The van der Waals surface area contributed by atoms with Crippen LogP contribution in [0.3, 0.4) is 0 Å². The molecule has 0 N–H and O–H groups in total. The molecule has 0 aliphatic heterocycles. The molecule has 12 nitrogen and oxygen atoms in total. The van der Waals surface area contributed by atoms with E-state index in [1.54, 1.807) is 0 Å². The van der Waals surface area contributed by atoms with E-state index in [2.05, 4.69) is 0 Å². The molecule has 0 saturated heterocycles. The summed E-state index contributed by atoms with van der Waals surface area (Å²) in [6.07, 6.45) is 0. The minimum Gasteiger partial charge on any atom is -0.258 e. The molecule has 0 heterocycles. The third-order valence-corrected chi connectivity index (χ3v) is 5.38. The Hall–Kier alpha value is -3.26. The lowest BCUT2D eigenvalue weighted by molar-refractivity contribution is -0.396. The molecule has 0 fully saturated rings. The highest BCUT2D eigenvalue weighted by atomic mass is 33.1. The zero-order valence-corrected chi connectivity index (χ0v) is 14.0. The fraction of sp³-hybridized carbons (Fsp3) is 0. The molecule has 0 unspecified atom stereocenters. The second-order valence-electron chi connectivity index (χ2n) is 4.50. The third-order valence-electron chi connectivity index (χ3n) is 2.92. The normalized spacial score (nSPS) is 10.3. The summed E-state index contributed by atoms with van der Waals surface area (Å²) in [5, 5.41) is 43.6. The molecule has 0 atom stereocenters. The van der Waals surface area contributed by atoms with Crippen molar-refractivity contribution in [3.05, 3.63) is 76.9 Å².